The normalized spacial score (nSPS) is 15.7. The zero-order valence-electron chi connectivity index (χ0n) is 12.2. The second kappa shape index (κ2) is 7.35. The highest BCUT2D eigenvalue weighted by molar-refractivity contribution is 5.81. The van der Waals surface area contributed by atoms with Crippen LogP contribution in [0.5, 0.6) is 0 Å². The van der Waals surface area contributed by atoms with E-state index in [2.05, 4.69) is 25.4 Å². The van der Waals surface area contributed by atoms with Gasteiger partial charge < -0.3 is 14.6 Å². The third-order valence-electron chi connectivity index (χ3n) is 3.50. The molecular formula is C13H23N5O2. The monoisotopic (exact) mass is 281 g/mol. The van der Waals surface area contributed by atoms with Crippen LogP contribution < -0.4 is 10.6 Å². The highest BCUT2D eigenvalue weighted by atomic mass is 16.5. The third kappa shape index (κ3) is 3.77. The second-order valence-corrected chi connectivity index (χ2v) is 5.03. The van der Waals surface area contributed by atoms with Gasteiger partial charge in [0.15, 0.2) is 0 Å². The molecule has 1 aromatic heterocycles. The van der Waals surface area contributed by atoms with Crippen LogP contribution in [0.25, 0.3) is 0 Å². The summed E-state index contributed by atoms with van der Waals surface area (Å²) in [5.41, 5.74) is 0. The number of fused-ring (bicyclic) bond motifs is 1. The van der Waals surface area contributed by atoms with Crippen LogP contribution in [0, 0.1) is 0 Å². The molecular weight excluding hydrogens is 258 g/mol. The minimum atomic E-state index is -0.261. The van der Waals surface area contributed by atoms with Crippen molar-refractivity contribution in [3.05, 3.63) is 11.6 Å². The first-order chi connectivity index (χ1) is 9.72. The number of aromatic nitrogens is 3. The first-order valence-electron chi connectivity index (χ1n) is 7.13. The molecule has 1 atom stereocenters. The van der Waals surface area contributed by atoms with Crippen molar-refractivity contribution in [2.45, 2.75) is 45.3 Å². The SMILES string of the molecule is COCCNC(=O)C(C)NCc1nnc2n1CCCC2. The Bertz CT molecular complexity index is 446. The van der Waals surface area contributed by atoms with E-state index in [1.807, 2.05) is 6.92 Å². The molecule has 112 valence electrons. The lowest BCUT2D eigenvalue weighted by atomic mass is 10.1. The van der Waals surface area contributed by atoms with Crippen molar-refractivity contribution >= 4 is 5.91 Å². The molecule has 7 nitrogen and oxygen atoms in total. The topological polar surface area (TPSA) is 81.1 Å². The minimum absolute atomic E-state index is 0.0274. The van der Waals surface area contributed by atoms with Gasteiger partial charge in [-0.2, -0.15) is 0 Å². The molecule has 1 aliphatic heterocycles. The Labute approximate surface area is 119 Å². The highest BCUT2D eigenvalue weighted by Gasteiger charge is 2.17. The molecule has 0 radical (unpaired) electrons. The summed E-state index contributed by atoms with van der Waals surface area (Å²) in [4.78, 5) is 11.8. The smallest absolute Gasteiger partial charge is 0.236 e. The van der Waals surface area contributed by atoms with Gasteiger partial charge in [0, 0.05) is 26.6 Å². The summed E-state index contributed by atoms with van der Waals surface area (Å²) in [5.74, 6) is 1.95. The van der Waals surface area contributed by atoms with Crippen LogP contribution in [0.1, 0.15) is 31.4 Å². The molecule has 0 spiro atoms. The molecule has 0 saturated carbocycles. The van der Waals surface area contributed by atoms with E-state index < -0.39 is 0 Å². The fraction of sp³-hybridized carbons (Fsp3) is 0.769. The zero-order valence-corrected chi connectivity index (χ0v) is 12.2. The van der Waals surface area contributed by atoms with Crippen LogP contribution in [0.2, 0.25) is 0 Å². The quantitative estimate of drug-likeness (QED) is 0.680. The molecule has 7 heteroatoms. The van der Waals surface area contributed by atoms with Crippen LogP contribution in [0.4, 0.5) is 0 Å². The van der Waals surface area contributed by atoms with E-state index >= 15 is 0 Å². The predicted octanol–water partition coefficient (Wildman–Crippen LogP) is -0.145. The van der Waals surface area contributed by atoms with Gasteiger partial charge in [0.2, 0.25) is 5.91 Å². The van der Waals surface area contributed by atoms with Crippen LogP contribution >= 0.6 is 0 Å². The minimum Gasteiger partial charge on any atom is -0.383 e. The molecule has 2 rings (SSSR count). The second-order valence-electron chi connectivity index (χ2n) is 5.03. The molecule has 1 aliphatic rings. The lowest BCUT2D eigenvalue weighted by Gasteiger charge is -2.17. The fourth-order valence-electron chi connectivity index (χ4n) is 2.27. The van der Waals surface area contributed by atoms with Crippen molar-refractivity contribution in [3.63, 3.8) is 0 Å². The summed E-state index contributed by atoms with van der Waals surface area (Å²) in [6.45, 7) is 4.44. The zero-order chi connectivity index (χ0) is 14.4. The van der Waals surface area contributed by atoms with Gasteiger partial charge in [0.25, 0.3) is 0 Å². The van der Waals surface area contributed by atoms with E-state index in [1.165, 1.54) is 12.8 Å². The number of hydrogen-bond acceptors (Lipinski definition) is 5. The Morgan fingerprint density at radius 3 is 3.10 bits per heavy atom. The number of ether oxygens (including phenoxy) is 1. The van der Waals surface area contributed by atoms with E-state index in [-0.39, 0.29) is 11.9 Å². The van der Waals surface area contributed by atoms with Gasteiger partial charge in [-0.3, -0.25) is 10.1 Å². The van der Waals surface area contributed by atoms with Crippen molar-refractivity contribution in [1.29, 1.82) is 0 Å². The summed E-state index contributed by atoms with van der Waals surface area (Å²) < 4.78 is 7.06. The standard InChI is InChI=1S/C13H23N5O2/c1-10(13(19)14-6-8-20-2)15-9-12-17-16-11-5-3-4-7-18(11)12/h10,15H,3-9H2,1-2H3,(H,14,19). The van der Waals surface area contributed by atoms with Crippen LogP contribution in [0.15, 0.2) is 0 Å². The third-order valence-corrected chi connectivity index (χ3v) is 3.50. The van der Waals surface area contributed by atoms with Crippen molar-refractivity contribution in [2.75, 3.05) is 20.3 Å². The van der Waals surface area contributed by atoms with E-state index in [4.69, 9.17) is 4.74 Å². The summed E-state index contributed by atoms with van der Waals surface area (Å²) >= 11 is 0. The summed E-state index contributed by atoms with van der Waals surface area (Å²) in [6, 6.07) is -0.261. The van der Waals surface area contributed by atoms with Crippen molar-refractivity contribution in [2.24, 2.45) is 0 Å². The number of rotatable bonds is 7. The number of aryl methyl sites for hydroxylation is 1. The Balaban J connectivity index is 1.79. The largest absolute Gasteiger partial charge is 0.383 e. The lowest BCUT2D eigenvalue weighted by molar-refractivity contribution is -0.123. The maximum Gasteiger partial charge on any atom is 0.236 e. The molecule has 0 saturated heterocycles. The first kappa shape index (κ1) is 14.9. The number of carbonyl (C=O) groups excluding carboxylic acids is 1. The van der Waals surface area contributed by atoms with E-state index in [1.54, 1.807) is 7.11 Å². The number of amides is 1. The van der Waals surface area contributed by atoms with Gasteiger partial charge >= 0.3 is 0 Å². The van der Waals surface area contributed by atoms with Gasteiger partial charge in [-0.1, -0.05) is 0 Å². The molecule has 20 heavy (non-hydrogen) atoms. The van der Waals surface area contributed by atoms with Gasteiger partial charge in [-0.05, 0) is 19.8 Å². The van der Waals surface area contributed by atoms with Crippen molar-refractivity contribution in [1.82, 2.24) is 25.4 Å². The molecule has 2 N–H and O–H groups in total. The van der Waals surface area contributed by atoms with Crippen LogP contribution in [-0.2, 0) is 29.0 Å². The number of carbonyl (C=O) groups is 1. The molecule has 0 fully saturated rings. The summed E-state index contributed by atoms with van der Waals surface area (Å²) in [6.07, 6.45) is 3.36. The first-order valence-corrected chi connectivity index (χ1v) is 7.13. The number of methoxy groups -OCH3 is 1. The summed E-state index contributed by atoms with van der Waals surface area (Å²) in [7, 11) is 1.61. The van der Waals surface area contributed by atoms with E-state index in [9.17, 15) is 4.79 Å². The van der Waals surface area contributed by atoms with Gasteiger partial charge in [0.1, 0.15) is 11.6 Å². The maximum atomic E-state index is 11.8. The molecule has 0 aromatic carbocycles. The Kier molecular flexibility index (Phi) is 5.49. The molecule has 1 unspecified atom stereocenters. The van der Waals surface area contributed by atoms with E-state index in [0.717, 1.165) is 24.6 Å². The average Bonchev–Trinajstić information content (AvgIpc) is 2.88. The number of hydrogen-bond donors (Lipinski definition) is 2. The maximum absolute atomic E-state index is 11.8. The number of nitrogens with one attached hydrogen (secondary N) is 2. The van der Waals surface area contributed by atoms with Crippen molar-refractivity contribution in [3.8, 4) is 0 Å². The van der Waals surface area contributed by atoms with Gasteiger partial charge in [-0.15, -0.1) is 10.2 Å². The Hall–Kier alpha value is -1.47. The van der Waals surface area contributed by atoms with Crippen molar-refractivity contribution < 1.29 is 9.53 Å². The predicted molar refractivity (Wildman–Crippen MR) is 74.1 cm³/mol. The summed E-state index contributed by atoms with van der Waals surface area (Å²) in [5, 5.41) is 14.4. The van der Waals surface area contributed by atoms with Crippen LogP contribution in [0.3, 0.4) is 0 Å². The molecule has 0 aliphatic carbocycles. The average molecular weight is 281 g/mol. The Morgan fingerprint density at radius 2 is 2.30 bits per heavy atom. The fourth-order valence-corrected chi connectivity index (χ4v) is 2.27. The van der Waals surface area contributed by atoms with Crippen LogP contribution in [-0.4, -0.2) is 47.0 Å². The Morgan fingerprint density at radius 1 is 1.45 bits per heavy atom. The highest BCUT2D eigenvalue weighted by Crippen LogP contribution is 2.13. The van der Waals surface area contributed by atoms with E-state index in [0.29, 0.717) is 19.7 Å². The van der Waals surface area contributed by atoms with Gasteiger partial charge in [-0.25, -0.2) is 0 Å². The number of nitrogens with zero attached hydrogens (tertiary/aromatic N) is 3. The molecule has 0 bridgehead atoms. The lowest BCUT2D eigenvalue weighted by Crippen LogP contribution is -2.43. The van der Waals surface area contributed by atoms with Gasteiger partial charge in [0.05, 0.1) is 19.2 Å². The molecule has 1 amide bonds. The molecule has 1 aromatic rings. The molecule has 2 heterocycles.